The quantitative estimate of drug-likeness (QED) is 0.693. The Balaban J connectivity index is 2.31. The maximum atomic E-state index is 5.39. The first-order chi connectivity index (χ1) is 5.33. The first-order valence-electron chi connectivity index (χ1n) is 3.72. The van der Waals surface area contributed by atoms with Gasteiger partial charge < -0.3 is 15.1 Å². The first-order valence-corrected chi connectivity index (χ1v) is 3.72. The van der Waals surface area contributed by atoms with E-state index in [9.17, 15) is 0 Å². The number of hydrogen-bond donors (Lipinski definition) is 1. The minimum Gasteiger partial charge on any atom is -0.472 e. The van der Waals surface area contributed by atoms with Gasteiger partial charge in [-0.1, -0.05) is 0 Å². The third kappa shape index (κ3) is 2.74. The molecule has 0 fully saturated rings. The van der Waals surface area contributed by atoms with E-state index in [0.717, 1.165) is 13.1 Å². The van der Waals surface area contributed by atoms with Crippen molar-refractivity contribution in [3.05, 3.63) is 24.2 Å². The number of furan rings is 1. The SMILES string of the molecule is CN(CCN)Cc1ccoc1. The van der Waals surface area contributed by atoms with Gasteiger partial charge in [0.1, 0.15) is 0 Å². The highest BCUT2D eigenvalue weighted by Crippen LogP contribution is 2.02. The monoisotopic (exact) mass is 154 g/mol. The van der Waals surface area contributed by atoms with Crippen LogP contribution in [0.3, 0.4) is 0 Å². The molecule has 0 bridgehead atoms. The lowest BCUT2D eigenvalue weighted by atomic mass is 10.3. The standard InChI is InChI=1S/C8H14N2O/c1-10(4-3-9)6-8-2-5-11-7-8/h2,5,7H,3-4,6,9H2,1H3. The van der Waals surface area contributed by atoms with E-state index >= 15 is 0 Å². The molecule has 0 saturated carbocycles. The molecule has 2 N–H and O–H groups in total. The molecule has 1 aromatic heterocycles. The van der Waals surface area contributed by atoms with E-state index < -0.39 is 0 Å². The molecule has 62 valence electrons. The third-order valence-corrected chi connectivity index (χ3v) is 1.54. The van der Waals surface area contributed by atoms with E-state index in [4.69, 9.17) is 10.2 Å². The number of likely N-dealkylation sites (N-methyl/N-ethyl adjacent to an activating group) is 1. The van der Waals surface area contributed by atoms with Crippen LogP contribution >= 0.6 is 0 Å². The van der Waals surface area contributed by atoms with Crippen LogP contribution in [-0.2, 0) is 6.54 Å². The van der Waals surface area contributed by atoms with Crippen molar-refractivity contribution >= 4 is 0 Å². The molecule has 3 nitrogen and oxygen atoms in total. The van der Waals surface area contributed by atoms with Crippen molar-refractivity contribution < 1.29 is 4.42 Å². The smallest absolute Gasteiger partial charge is 0.0947 e. The topological polar surface area (TPSA) is 42.4 Å². The molecule has 1 rings (SSSR count). The maximum Gasteiger partial charge on any atom is 0.0947 e. The molecule has 0 saturated heterocycles. The van der Waals surface area contributed by atoms with Crippen molar-refractivity contribution in [2.75, 3.05) is 20.1 Å². The molecule has 0 aliphatic heterocycles. The van der Waals surface area contributed by atoms with Crippen molar-refractivity contribution in [2.24, 2.45) is 5.73 Å². The molecular weight excluding hydrogens is 140 g/mol. The molecule has 11 heavy (non-hydrogen) atoms. The van der Waals surface area contributed by atoms with E-state index in [1.807, 2.05) is 13.1 Å². The van der Waals surface area contributed by atoms with Crippen LogP contribution in [-0.4, -0.2) is 25.0 Å². The highest BCUT2D eigenvalue weighted by molar-refractivity contribution is 5.04. The minimum absolute atomic E-state index is 0.703. The molecule has 0 aromatic carbocycles. The molecule has 0 unspecified atom stereocenters. The van der Waals surface area contributed by atoms with Gasteiger partial charge in [-0.3, -0.25) is 0 Å². The van der Waals surface area contributed by atoms with Crippen LogP contribution in [0.4, 0.5) is 0 Å². The minimum atomic E-state index is 0.703. The van der Waals surface area contributed by atoms with E-state index in [1.165, 1.54) is 5.56 Å². The fourth-order valence-electron chi connectivity index (χ4n) is 0.994. The van der Waals surface area contributed by atoms with E-state index in [1.54, 1.807) is 12.5 Å². The lowest BCUT2D eigenvalue weighted by Gasteiger charge is -2.13. The second-order valence-electron chi connectivity index (χ2n) is 2.66. The third-order valence-electron chi connectivity index (χ3n) is 1.54. The summed E-state index contributed by atoms with van der Waals surface area (Å²) in [6, 6.07) is 1.97. The zero-order valence-electron chi connectivity index (χ0n) is 6.79. The molecule has 0 spiro atoms. The van der Waals surface area contributed by atoms with Crippen LogP contribution < -0.4 is 5.73 Å². The lowest BCUT2D eigenvalue weighted by Crippen LogP contribution is -2.24. The summed E-state index contributed by atoms with van der Waals surface area (Å²) in [5, 5.41) is 0. The molecule has 1 heterocycles. The highest BCUT2D eigenvalue weighted by atomic mass is 16.3. The Labute approximate surface area is 66.8 Å². The van der Waals surface area contributed by atoms with E-state index in [2.05, 4.69) is 4.90 Å². The molecule has 3 heteroatoms. The summed E-state index contributed by atoms with van der Waals surface area (Å²) in [5.41, 5.74) is 6.59. The predicted molar refractivity (Wildman–Crippen MR) is 44.1 cm³/mol. The van der Waals surface area contributed by atoms with Crippen LogP contribution in [0.25, 0.3) is 0 Å². The summed E-state index contributed by atoms with van der Waals surface area (Å²) in [6.07, 6.45) is 3.44. The molecule has 0 aliphatic rings. The molecule has 0 atom stereocenters. The van der Waals surface area contributed by atoms with Gasteiger partial charge >= 0.3 is 0 Å². The second-order valence-corrected chi connectivity index (χ2v) is 2.66. The predicted octanol–water partition coefficient (Wildman–Crippen LogP) is 0.670. The Kier molecular flexibility index (Phi) is 3.14. The number of rotatable bonds is 4. The van der Waals surface area contributed by atoms with Gasteiger partial charge in [-0.25, -0.2) is 0 Å². The van der Waals surface area contributed by atoms with Crippen molar-refractivity contribution in [2.45, 2.75) is 6.54 Å². The fourth-order valence-corrected chi connectivity index (χ4v) is 0.994. The zero-order valence-corrected chi connectivity index (χ0v) is 6.79. The zero-order chi connectivity index (χ0) is 8.10. The Morgan fingerprint density at radius 1 is 1.64 bits per heavy atom. The number of nitrogens with two attached hydrogens (primary N) is 1. The van der Waals surface area contributed by atoms with Crippen LogP contribution in [0.2, 0.25) is 0 Å². The van der Waals surface area contributed by atoms with Gasteiger partial charge in [0.25, 0.3) is 0 Å². The molecule has 0 amide bonds. The molecule has 0 radical (unpaired) electrons. The van der Waals surface area contributed by atoms with Gasteiger partial charge in [-0.15, -0.1) is 0 Å². The summed E-state index contributed by atoms with van der Waals surface area (Å²) in [5.74, 6) is 0. The van der Waals surface area contributed by atoms with Crippen LogP contribution in [0.1, 0.15) is 5.56 Å². The highest BCUT2D eigenvalue weighted by Gasteiger charge is 1.98. The maximum absolute atomic E-state index is 5.39. The Bertz CT molecular complexity index is 184. The average molecular weight is 154 g/mol. The lowest BCUT2D eigenvalue weighted by molar-refractivity contribution is 0.335. The Morgan fingerprint density at radius 3 is 3.00 bits per heavy atom. The van der Waals surface area contributed by atoms with Crippen molar-refractivity contribution in [3.8, 4) is 0 Å². The van der Waals surface area contributed by atoms with Crippen LogP contribution in [0, 0.1) is 0 Å². The van der Waals surface area contributed by atoms with Crippen LogP contribution in [0.15, 0.2) is 23.0 Å². The van der Waals surface area contributed by atoms with Gasteiger partial charge in [-0.2, -0.15) is 0 Å². The molecule has 1 aromatic rings. The van der Waals surface area contributed by atoms with E-state index in [0.29, 0.717) is 6.54 Å². The van der Waals surface area contributed by atoms with Gasteiger partial charge in [0.15, 0.2) is 0 Å². The fraction of sp³-hybridized carbons (Fsp3) is 0.500. The first kappa shape index (κ1) is 8.30. The summed E-state index contributed by atoms with van der Waals surface area (Å²) in [4.78, 5) is 2.16. The summed E-state index contributed by atoms with van der Waals surface area (Å²) in [7, 11) is 2.04. The Hall–Kier alpha value is -0.800. The number of nitrogens with zero attached hydrogens (tertiary/aromatic N) is 1. The summed E-state index contributed by atoms with van der Waals surface area (Å²) in [6.45, 7) is 2.53. The van der Waals surface area contributed by atoms with Crippen LogP contribution in [0.5, 0.6) is 0 Å². The van der Waals surface area contributed by atoms with Gasteiger partial charge in [0.2, 0.25) is 0 Å². The van der Waals surface area contributed by atoms with Crippen molar-refractivity contribution in [1.82, 2.24) is 4.90 Å². The van der Waals surface area contributed by atoms with Crippen molar-refractivity contribution in [1.29, 1.82) is 0 Å². The Morgan fingerprint density at radius 2 is 2.45 bits per heavy atom. The molecule has 0 aliphatic carbocycles. The normalized spacial score (nSPS) is 10.8. The average Bonchev–Trinajstić information content (AvgIpc) is 2.40. The van der Waals surface area contributed by atoms with E-state index in [-0.39, 0.29) is 0 Å². The van der Waals surface area contributed by atoms with Gasteiger partial charge in [0.05, 0.1) is 12.5 Å². The van der Waals surface area contributed by atoms with Gasteiger partial charge in [-0.05, 0) is 13.1 Å². The summed E-state index contributed by atoms with van der Waals surface area (Å²) < 4.78 is 4.94. The largest absolute Gasteiger partial charge is 0.472 e. The van der Waals surface area contributed by atoms with Crippen molar-refractivity contribution in [3.63, 3.8) is 0 Å². The number of hydrogen-bond acceptors (Lipinski definition) is 3. The summed E-state index contributed by atoms with van der Waals surface area (Å²) >= 11 is 0. The molecular formula is C8H14N2O. The van der Waals surface area contributed by atoms with Gasteiger partial charge in [0, 0.05) is 25.2 Å². The second kappa shape index (κ2) is 4.16.